The molecule has 3 aromatic rings. The highest BCUT2D eigenvalue weighted by atomic mass is 32.2. The number of hydrogen-bond donors (Lipinski definition) is 0. The van der Waals surface area contributed by atoms with Gasteiger partial charge < -0.3 is 14.4 Å². The first-order valence-electron chi connectivity index (χ1n) is 10.5. The second kappa shape index (κ2) is 6.85. The lowest BCUT2D eigenvalue weighted by Crippen LogP contribution is -2.35. The summed E-state index contributed by atoms with van der Waals surface area (Å²) in [6.07, 6.45) is 4.48. The number of carbonyl (C=O) groups is 1. The Balaban J connectivity index is 1.70. The van der Waals surface area contributed by atoms with Crippen molar-refractivity contribution in [1.82, 2.24) is 18.3 Å². The zero-order chi connectivity index (χ0) is 21.2. The first kappa shape index (κ1) is 19.6. The molecule has 30 heavy (non-hydrogen) atoms. The molecule has 1 atom stereocenters. The molecule has 160 valence electrons. The fourth-order valence-electron chi connectivity index (χ4n) is 4.73. The van der Waals surface area contributed by atoms with Crippen LogP contribution in [-0.2, 0) is 16.6 Å². The van der Waals surface area contributed by atoms with E-state index in [0.29, 0.717) is 30.6 Å². The third-order valence-electron chi connectivity index (χ3n) is 6.55. The molecule has 1 saturated heterocycles. The number of rotatable bonds is 5. The van der Waals surface area contributed by atoms with Gasteiger partial charge >= 0.3 is 0 Å². The van der Waals surface area contributed by atoms with Crippen LogP contribution in [0.3, 0.4) is 0 Å². The number of aromatic nitrogens is 2. The number of nitrogens with zero attached hydrogens (tertiary/aromatic N) is 4. The number of carbonyl (C=O) groups excluding carboxylic acids is 1. The van der Waals surface area contributed by atoms with E-state index >= 15 is 0 Å². The summed E-state index contributed by atoms with van der Waals surface area (Å²) < 4.78 is 29.2. The number of para-hydroxylation sites is 1. The molecule has 1 saturated carbocycles. The second-order valence-electron chi connectivity index (χ2n) is 9.02. The number of likely N-dealkylation sites (N-methyl/N-ethyl adjacent to an activating group) is 1. The van der Waals surface area contributed by atoms with Crippen molar-refractivity contribution in [2.45, 2.75) is 31.8 Å². The van der Waals surface area contributed by atoms with Crippen molar-refractivity contribution in [2.75, 3.05) is 33.4 Å². The second-order valence-corrected chi connectivity index (χ2v) is 10.9. The summed E-state index contributed by atoms with van der Waals surface area (Å²) in [5.41, 5.74) is 2.73. The molecule has 0 radical (unpaired) electrons. The van der Waals surface area contributed by atoms with Gasteiger partial charge in [-0.2, -0.15) is 0 Å². The summed E-state index contributed by atoms with van der Waals surface area (Å²) in [5.74, 6) is 0.423. The molecule has 1 aromatic carbocycles. The Morgan fingerprint density at radius 1 is 1.13 bits per heavy atom. The number of hydrogen-bond acceptors (Lipinski definition) is 4. The highest BCUT2D eigenvalue weighted by Gasteiger charge is 2.34. The maximum absolute atomic E-state index is 13.4. The molecule has 5 rings (SSSR count). The number of amides is 1. The van der Waals surface area contributed by atoms with E-state index in [9.17, 15) is 13.2 Å². The molecule has 1 aliphatic carbocycles. The van der Waals surface area contributed by atoms with Gasteiger partial charge in [0.25, 0.3) is 5.91 Å². The Kier molecular flexibility index (Phi) is 4.48. The van der Waals surface area contributed by atoms with E-state index in [2.05, 4.69) is 9.47 Å². The van der Waals surface area contributed by atoms with E-state index in [1.807, 2.05) is 38.4 Å². The van der Waals surface area contributed by atoms with Crippen LogP contribution < -0.4 is 0 Å². The van der Waals surface area contributed by atoms with E-state index in [-0.39, 0.29) is 11.6 Å². The lowest BCUT2D eigenvalue weighted by Gasteiger charge is -2.20. The minimum Gasteiger partial charge on any atom is -0.339 e. The molecule has 1 amide bonds. The van der Waals surface area contributed by atoms with Crippen molar-refractivity contribution in [3.63, 3.8) is 0 Å². The fourth-order valence-corrected chi connectivity index (χ4v) is 5.74. The lowest BCUT2D eigenvalue weighted by atomic mass is 10.2. The molecule has 2 aliphatic rings. The van der Waals surface area contributed by atoms with Gasteiger partial charge in [0.05, 0.1) is 22.8 Å². The van der Waals surface area contributed by atoms with Gasteiger partial charge in [-0.15, -0.1) is 0 Å². The lowest BCUT2D eigenvalue weighted by molar-refractivity contribution is 0.0776. The van der Waals surface area contributed by atoms with Crippen molar-refractivity contribution >= 4 is 37.9 Å². The molecule has 2 aromatic heterocycles. The van der Waals surface area contributed by atoms with E-state index in [1.165, 1.54) is 23.1 Å². The molecule has 7 nitrogen and oxygen atoms in total. The van der Waals surface area contributed by atoms with Gasteiger partial charge in [-0.05, 0) is 51.4 Å². The zero-order valence-electron chi connectivity index (χ0n) is 17.7. The van der Waals surface area contributed by atoms with Crippen molar-refractivity contribution in [1.29, 1.82) is 0 Å². The molecule has 2 fully saturated rings. The van der Waals surface area contributed by atoms with Gasteiger partial charge in [0, 0.05) is 31.1 Å². The summed E-state index contributed by atoms with van der Waals surface area (Å²) in [6, 6.07) is 9.99. The third-order valence-corrected chi connectivity index (χ3v) is 7.59. The largest absolute Gasteiger partial charge is 0.339 e. The Morgan fingerprint density at radius 2 is 1.87 bits per heavy atom. The van der Waals surface area contributed by atoms with Crippen molar-refractivity contribution < 1.29 is 13.2 Å². The van der Waals surface area contributed by atoms with E-state index in [4.69, 9.17) is 0 Å². The monoisotopic (exact) mass is 428 g/mol. The standard InChI is InChI=1S/C22H28N4O3S/c1-23(2)16-10-11-24(14-16)22(27)20-12-19-21(26(20)30(3,28)29)17-6-4-5-7-18(17)25(19)13-15-8-9-15/h4-7,12,15-16H,8-11,13-14H2,1-3H3. The zero-order valence-corrected chi connectivity index (χ0v) is 18.5. The van der Waals surface area contributed by atoms with Gasteiger partial charge in [0.2, 0.25) is 10.0 Å². The summed E-state index contributed by atoms with van der Waals surface area (Å²) in [6.45, 7) is 2.12. The van der Waals surface area contributed by atoms with Gasteiger partial charge in [-0.3, -0.25) is 4.79 Å². The van der Waals surface area contributed by atoms with Crippen molar-refractivity contribution in [2.24, 2.45) is 5.92 Å². The van der Waals surface area contributed by atoms with Crippen LogP contribution in [0, 0.1) is 5.92 Å². The molecule has 8 heteroatoms. The van der Waals surface area contributed by atoms with Crippen LogP contribution in [-0.4, -0.2) is 72.1 Å². The first-order valence-corrected chi connectivity index (χ1v) is 12.4. The molecule has 1 aliphatic heterocycles. The average Bonchev–Trinajstić information content (AvgIpc) is 3.13. The Morgan fingerprint density at radius 3 is 2.50 bits per heavy atom. The van der Waals surface area contributed by atoms with E-state index in [1.54, 1.807) is 11.0 Å². The van der Waals surface area contributed by atoms with E-state index in [0.717, 1.165) is 29.4 Å². The summed E-state index contributed by atoms with van der Waals surface area (Å²) in [5, 5.41) is 0.880. The quantitative estimate of drug-likeness (QED) is 0.627. The minimum absolute atomic E-state index is 0.206. The molecular weight excluding hydrogens is 400 g/mol. The molecular formula is C22H28N4O3S. The van der Waals surface area contributed by atoms with E-state index < -0.39 is 10.0 Å². The summed E-state index contributed by atoms with van der Waals surface area (Å²) >= 11 is 0. The number of fused-ring (bicyclic) bond motifs is 3. The van der Waals surface area contributed by atoms with Gasteiger partial charge in [0.15, 0.2) is 0 Å². The molecule has 0 spiro atoms. The number of benzene rings is 1. The minimum atomic E-state index is -3.67. The highest BCUT2D eigenvalue weighted by Crippen LogP contribution is 2.38. The molecule has 1 unspecified atom stereocenters. The Bertz CT molecular complexity index is 1250. The van der Waals surface area contributed by atoms with Crippen molar-refractivity contribution in [3.05, 3.63) is 36.0 Å². The van der Waals surface area contributed by atoms with Gasteiger partial charge in [-0.25, -0.2) is 12.4 Å². The topological polar surface area (TPSA) is 67.5 Å². The van der Waals surface area contributed by atoms with Crippen LogP contribution in [0.25, 0.3) is 21.9 Å². The molecule has 3 heterocycles. The maximum atomic E-state index is 13.4. The summed E-state index contributed by atoms with van der Waals surface area (Å²) in [7, 11) is 0.359. The van der Waals surface area contributed by atoms with Crippen molar-refractivity contribution in [3.8, 4) is 0 Å². The predicted molar refractivity (Wildman–Crippen MR) is 118 cm³/mol. The molecule has 0 bridgehead atoms. The average molecular weight is 429 g/mol. The summed E-state index contributed by atoms with van der Waals surface area (Å²) in [4.78, 5) is 17.4. The third kappa shape index (κ3) is 3.13. The normalized spacial score (nSPS) is 20.1. The predicted octanol–water partition coefficient (Wildman–Crippen LogP) is 2.59. The van der Waals surface area contributed by atoms with Crippen LogP contribution in [0.2, 0.25) is 0 Å². The number of likely N-dealkylation sites (tertiary alicyclic amines) is 1. The van der Waals surface area contributed by atoms with Crippen LogP contribution >= 0.6 is 0 Å². The van der Waals surface area contributed by atoms with Crippen LogP contribution in [0.5, 0.6) is 0 Å². The smallest absolute Gasteiger partial charge is 0.271 e. The first-order chi connectivity index (χ1) is 14.3. The SMILES string of the molecule is CN(C)C1CCN(C(=O)c2cc3c(c4ccccc4n3CC3CC3)n2S(C)(=O)=O)C1. The van der Waals surface area contributed by atoms with Gasteiger partial charge in [0.1, 0.15) is 5.69 Å². The molecule has 0 N–H and O–H groups in total. The van der Waals surface area contributed by atoms with Crippen LogP contribution in [0.15, 0.2) is 30.3 Å². The van der Waals surface area contributed by atoms with Crippen LogP contribution in [0.4, 0.5) is 0 Å². The van der Waals surface area contributed by atoms with Crippen LogP contribution in [0.1, 0.15) is 29.8 Å². The van der Waals surface area contributed by atoms with Gasteiger partial charge in [-0.1, -0.05) is 18.2 Å². The highest BCUT2D eigenvalue weighted by molar-refractivity contribution is 7.89. The Hall–Kier alpha value is -2.32. The Labute approximate surface area is 176 Å². The maximum Gasteiger partial charge on any atom is 0.271 e. The fraction of sp³-hybridized carbons (Fsp3) is 0.500.